The van der Waals surface area contributed by atoms with Crippen molar-refractivity contribution in [2.24, 2.45) is 5.92 Å². The van der Waals surface area contributed by atoms with Crippen molar-refractivity contribution < 1.29 is 9.53 Å². The van der Waals surface area contributed by atoms with E-state index in [1.807, 2.05) is 54.6 Å². The van der Waals surface area contributed by atoms with Gasteiger partial charge in [-0.3, -0.25) is 0 Å². The smallest absolute Gasteiger partial charge is 0.345 e. The number of hydrogen-bond donors (Lipinski definition) is 1. The van der Waals surface area contributed by atoms with Crippen LogP contribution in [0.5, 0.6) is 5.75 Å². The Balaban J connectivity index is 1.36. The lowest BCUT2D eigenvalue weighted by Gasteiger charge is -2.38. The van der Waals surface area contributed by atoms with Crippen LogP contribution in [0.15, 0.2) is 102 Å². The predicted molar refractivity (Wildman–Crippen MR) is 136 cm³/mol. The third-order valence-corrected chi connectivity index (χ3v) is 7.31. The van der Waals surface area contributed by atoms with Crippen LogP contribution in [0.4, 0.5) is 5.69 Å². The molecule has 0 fully saturated rings. The highest BCUT2D eigenvalue weighted by molar-refractivity contribution is 9.10. The van der Waals surface area contributed by atoms with Crippen LogP contribution < -0.4 is 10.1 Å². The fourth-order valence-corrected chi connectivity index (χ4v) is 5.45. The Labute approximate surface area is 201 Å². The van der Waals surface area contributed by atoms with Crippen molar-refractivity contribution in [1.82, 2.24) is 0 Å². The van der Waals surface area contributed by atoms with Gasteiger partial charge in [-0.1, -0.05) is 82.7 Å². The van der Waals surface area contributed by atoms with Crippen molar-refractivity contribution in [3.8, 4) is 5.75 Å². The second-order valence-electron chi connectivity index (χ2n) is 8.70. The van der Waals surface area contributed by atoms with Gasteiger partial charge in [0.1, 0.15) is 5.75 Å². The number of carbonyl (C=O) groups excluding carboxylic acids is 1. The molecule has 33 heavy (non-hydrogen) atoms. The van der Waals surface area contributed by atoms with Gasteiger partial charge in [0, 0.05) is 10.4 Å². The number of allylic oxidation sites excluding steroid dienone is 2. The average molecular weight is 496 g/mol. The van der Waals surface area contributed by atoms with E-state index in [0.29, 0.717) is 17.2 Å². The number of nitrogens with one attached hydrogen (secondary N) is 1. The summed E-state index contributed by atoms with van der Waals surface area (Å²) in [6.07, 6.45) is 5.57. The highest BCUT2D eigenvalue weighted by Crippen LogP contribution is 2.50. The van der Waals surface area contributed by atoms with E-state index in [1.54, 1.807) is 0 Å². The SMILES string of the molecule is O=C(Oc1ccc2ccccc2c1)c1cccc2c1N[C@@H](c1ccc(Br)cc1)[C@@H]1CC=C[C@H]21. The maximum absolute atomic E-state index is 13.3. The first-order chi connectivity index (χ1) is 16.2. The fourth-order valence-electron chi connectivity index (χ4n) is 5.18. The first-order valence-corrected chi connectivity index (χ1v) is 12.0. The number of benzene rings is 4. The van der Waals surface area contributed by atoms with Gasteiger partial charge in [0.2, 0.25) is 0 Å². The first kappa shape index (κ1) is 20.3. The molecule has 1 N–H and O–H groups in total. The summed E-state index contributed by atoms with van der Waals surface area (Å²) >= 11 is 3.53. The minimum Gasteiger partial charge on any atom is -0.423 e. The molecule has 0 saturated heterocycles. The summed E-state index contributed by atoms with van der Waals surface area (Å²) in [6, 6.07) is 28.3. The van der Waals surface area contributed by atoms with E-state index in [-0.39, 0.29) is 17.9 Å². The highest BCUT2D eigenvalue weighted by Gasteiger charge is 2.39. The molecule has 2 aliphatic rings. The molecule has 4 aromatic carbocycles. The van der Waals surface area contributed by atoms with E-state index in [2.05, 4.69) is 63.7 Å². The molecule has 4 heteroatoms. The average Bonchev–Trinajstić information content (AvgIpc) is 3.34. The summed E-state index contributed by atoms with van der Waals surface area (Å²) < 4.78 is 6.90. The summed E-state index contributed by atoms with van der Waals surface area (Å²) in [5, 5.41) is 5.88. The van der Waals surface area contributed by atoms with E-state index in [0.717, 1.165) is 32.9 Å². The van der Waals surface area contributed by atoms with Crippen LogP contribution in [0.25, 0.3) is 10.8 Å². The number of esters is 1. The number of hydrogen-bond acceptors (Lipinski definition) is 3. The second kappa shape index (κ2) is 8.20. The van der Waals surface area contributed by atoms with Crippen molar-refractivity contribution >= 4 is 38.4 Å². The van der Waals surface area contributed by atoms with E-state index >= 15 is 0 Å². The molecule has 1 aliphatic carbocycles. The number of fused-ring (bicyclic) bond motifs is 4. The number of halogens is 1. The van der Waals surface area contributed by atoms with Crippen molar-refractivity contribution in [3.63, 3.8) is 0 Å². The van der Waals surface area contributed by atoms with Gasteiger partial charge in [0.15, 0.2) is 0 Å². The molecule has 0 saturated carbocycles. The zero-order valence-electron chi connectivity index (χ0n) is 17.9. The molecular weight excluding hydrogens is 474 g/mol. The van der Waals surface area contributed by atoms with Gasteiger partial charge >= 0.3 is 5.97 Å². The maximum atomic E-state index is 13.3. The summed E-state index contributed by atoms with van der Waals surface area (Å²) in [5.74, 6) is 0.911. The molecule has 162 valence electrons. The lowest BCUT2D eigenvalue weighted by Crippen LogP contribution is -2.30. The third-order valence-electron chi connectivity index (χ3n) is 6.78. The first-order valence-electron chi connectivity index (χ1n) is 11.2. The number of rotatable bonds is 3. The second-order valence-corrected chi connectivity index (χ2v) is 9.61. The quantitative estimate of drug-likeness (QED) is 0.180. The number of ether oxygens (including phenoxy) is 1. The Bertz CT molecular complexity index is 1390. The zero-order valence-corrected chi connectivity index (χ0v) is 19.5. The Hall–Kier alpha value is -3.37. The number of carbonyl (C=O) groups is 1. The van der Waals surface area contributed by atoms with Gasteiger partial charge in [0.05, 0.1) is 17.3 Å². The van der Waals surface area contributed by atoms with Gasteiger partial charge in [-0.2, -0.15) is 0 Å². The molecule has 1 aliphatic heterocycles. The minimum atomic E-state index is -0.343. The summed E-state index contributed by atoms with van der Waals surface area (Å²) in [6.45, 7) is 0. The van der Waals surface area contributed by atoms with Crippen molar-refractivity contribution in [2.45, 2.75) is 18.4 Å². The van der Waals surface area contributed by atoms with Crippen LogP contribution in [0.3, 0.4) is 0 Å². The zero-order chi connectivity index (χ0) is 22.4. The maximum Gasteiger partial charge on any atom is 0.345 e. The molecule has 3 atom stereocenters. The summed E-state index contributed by atoms with van der Waals surface area (Å²) in [4.78, 5) is 13.3. The molecular formula is C29H22BrNO2. The number of para-hydroxylation sites is 1. The van der Waals surface area contributed by atoms with E-state index < -0.39 is 0 Å². The molecule has 4 aromatic rings. The standard InChI is InChI=1S/C29H22BrNO2/c30-21-14-11-19(12-15-21)27-24-8-3-7-23(24)25-9-4-10-26(28(25)31-27)29(32)33-22-16-13-18-5-1-2-6-20(18)17-22/h1-7,9-17,23-24,27,31H,8H2/t23-,24+,27-/m0/s1. The number of anilines is 1. The van der Waals surface area contributed by atoms with Gasteiger partial charge in [0.25, 0.3) is 0 Å². The summed E-state index contributed by atoms with van der Waals surface area (Å²) in [5.41, 5.74) is 3.83. The molecule has 0 bridgehead atoms. The van der Waals surface area contributed by atoms with Crippen LogP contribution in [0, 0.1) is 5.92 Å². The molecule has 0 amide bonds. The highest BCUT2D eigenvalue weighted by atomic mass is 79.9. The lowest BCUT2D eigenvalue weighted by molar-refractivity contribution is 0.0735. The molecule has 0 unspecified atom stereocenters. The Kier molecular flexibility index (Phi) is 5.03. The Morgan fingerprint density at radius 3 is 2.58 bits per heavy atom. The topological polar surface area (TPSA) is 38.3 Å². The fraction of sp³-hybridized carbons (Fsp3) is 0.138. The van der Waals surface area contributed by atoms with Crippen molar-refractivity contribution in [1.29, 1.82) is 0 Å². The van der Waals surface area contributed by atoms with Crippen molar-refractivity contribution in [3.05, 3.63) is 118 Å². The van der Waals surface area contributed by atoms with Gasteiger partial charge in [-0.05, 0) is 64.6 Å². The van der Waals surface area contributed by atoms with Crippen LogP contribution in [-0.2, 0) is 0 Å². The normalized spacial score (nSPS) is 20.7. The Morgan fingerprint density at radius 1 is 0.909 bits per heavy atom. The van der Waals surface area contributed by atoms with Crippen LogP contribution in [0.1, 0.15) is 39.9 Å². The monoisotopic (exact) mass is 495 g/mol. The lowest BCUT2D eigenvalue weighted by atomic mass is 9.76. The van der Waals surface area contributed by atoms with Crippen LogP contribution in [-0.4, -0.2) is 5.97 Å². The summed E-state index contributed by atoms with van der Waals surface area (Å²) in [7, 11) is 0. The van der Waals surface area contributed by atoms with Gasteiger partial charge in [-0.15, -0.1) is 0 Å². The van der Waals surface area contributed by atoms with Gasteiger partial charge in [-0.25, -0.2) is 4.79 Å². The molecule has 0 aromatic heterocycles. The third kappa shape index (κ3) is 3.65. The minimum absolute atomic E-state index is 0.125. The molecule has 3 nitrogen and oxygen atoms in total. The van der Waals surface area contributed by atoms with E-state index in [1.165, 1.54) is 5.56 Å². The predicted octanol–water partition coefficient (Wildman–Crippen LogP) is 7.65. The Morgan fingerprint density at radius 2 is 1.73 bits per heavy atom. The molecule has 1 heterocycles. The van der Waals surface area contributed by atoms with Crippen LogP contribution >= 0.6 is 15.9 Å². The van der Waals surface area contributed by atoms with Gasteiger partial charge < -0.3 is 10.1 Å². The molecule has 0 radical (unpaired) electrons. The van der Waals surface area contributed by atoms with E-state index in [4.69, 9.17) is 4.74 Å². The van der Waals surface area contributed by atoms with E-state index in [9.17, 15) is 4.79 Å². The molecule has 0 spiro atoms. The van der Waals surface area contributed by atoms with Crippen LogP contribution in [0.2, 0.25) is 0 Å². The van der Waals surface area contributed by atoms with Crippen molar-refractivity contribution in [2.75, 3.05) is 5.32 Å². The molecule has 6 rings (SSSR count). The largest absolute Gasteiger partial charge is 0.423 e.